The van der Waals surface area contributed by atoms with Gasteiger partial charge < -0.3 is 9.73 Å². The number of rotatable bonds is 3. The van der Waals surface area contributed by atoms with Gasteiger partial charge in [0.15, 0.2) is 12.0 Å². The highest BCUT2D eigenvalue weighted by atomic mass is 16.3. The van der Waals surface area contributed by atoms with Crippen LogP contribution >= 0.6 is 0 Å². The average Bonchev–Trinajstić information content (AvgIpc) is 2.64. The molecular formula is C11H12N2O2. The lowest BCUT2D eigenvalue weighted by Gasteiger charge is -2.01. The van der Waals surface area contributed by atoms with E-state index in [9.17, 15) is 4.79 Å². The van der Waals surface area contributed by atoms with Crippen LogP contribution in [0.2, 0.25) is 0 Å². The molecule has 0 saturated heterocycles. The number of benzene rings is 1. The molecule has 2 aromatic rings. The maximum atomic E-state index is 10.7. The highest BCUT2D eigenvalue weighted by Crippen LogP contribution is 2.14. The SMILES string of the molecule is CC(=O)NCCc1ccc2ncoc2c1. The summed E-state index contributed by atoms with van der Waals surface area (Å²) in [5, 5.41) is 2.75. The summed E-state index contributed by atoms with van der Waals surface area (Å²) in [4.78, 5) is 14.7. The van der Waals surface area contributed by atoms with Crippen molar-refractivity contribution in [2.24, 2.45) is 0 Å². The van der Waals surface area contributed by atoms with Crippen molar-refractivity contribution >= 4 is 17.0 Å². The highest BCUT2D eigenvalue weighted by molar-refractivity contribution is 5.73. The number of hydrogen-bond acceptors (Lipinski definition) is 3. The fourth-order valence-electron chi connectivity index (χ4n) is 1.44. The maximum Gasteiger partial charge on any atom is 0.216 e. The van der Waals surface area contributed by atoms with Crippen LogP contribution in [-0.2, 0) is 11.2 Å². The first-order valence-corrected chi connectivity index (χ1v) is 4.82. The van der Waals surface area contributed by atoms with Crippen LogP contribution in [0.1, 0.15) is 12.5 Å². The number of amides is 1. The van der Waals surface area contributed by atoms with E-state index in [1.807, 2.05) is 18.2 Å². The monoisotopic (exact) mass is 204 g/mol. The Bertz CT molecular complexity index is 476. The fraction of sp³-hybridized carbons (Fsp3) is 0.273. The normalized spacial score (nSPS) is 10.5. The van der Waals surface area contributed by atoms with Crippen LogP contribution in [0.25, 0.3) is 11.1 Å². The number of nitrogens with one attached hydrogen (secondary N) is 1. The van der Waals surface area contributed by atoms with Crippen molar-refractivity contribution in [3.05, 3.63) is 30.2 Å². The summed E-state index contributed by atoms with van der Waals surface area (Å²) in [5.41, 5.74) is 2.78. The highest BCUT2D eigenvalue weighted by Gasteiger charge is 2.00. The fourth-order valence-corrected chi connectivity index (χ4v) is 1.44. The molecule has 1 N–H and O–H groups in total. The molecule has 1 aromatic heterocycles. The van der Waals surface area contributed by atoms with Gasteiger partial charge in [0.25, 0.3) is 0 Å². The van der Waals surface area contributed by atoms with E-state index in [0.717, 1.165) is 23.1 Å². The van der Waals surface area contributed by atoms with Crippen molar-refractivity contribution in [2.75, 3.05) is 6.54 Å². The van der Waals surface area contributed by atoms with E-state index < -0.39 is 0 Å². The molecule has 0 aliphatic rings. The maximum absolute atomic E-state index is 10.7. The first-order chi connectivity index (χ1) is 7.25. The Morgan fingerprint density at radius 1 is 1.53 bits per heavy atom. The average molecular weight is 204 g/mol. The van der Waals surface area contributed by atoms with Gasteiger partial charge in [-0.15, -0.1) is 0 Å². The van der Waals surface area contributed by atoms with Gasteiger partial charge in [-0.25, -0.2) is 4.98 Å². The van der Waals surface area contributed by atoms with E-state index in [4.69, 9.17) is 4.42 Å². The number of fused-ring (bicyclic) bond motifs is 1. The van der Waals surface area contributed by atoms with E-state index in [1.54, 1.807) is 0 Å². The molecule has 0 aliphatic heterocycles. The van der Waals surface area contributed by atoms with Crippen molar-refractivity contribution in [1.29, 1.82) is 0 Å². The Morgan fingerprint density at radius 2 is 2.40 bits per heavy atom. The third-order valence-electron chi connectivity index (χ3n) is 2.18. The molecule has 1 amide bonds. The molecule has 0 saturated carbocycles. The summed E-state index contributed by atoms with van der Waals surface area (Å²) >= 11 is 0. The summed E-state index contributed by atoms with van der Waals surface area (Å²) in [6.07, 6.45) is 2.23. The predicted molar refractivity (Wildman–Crippen MR) is 56.4 cm³/mol. The molecule has 1 aromatic carbocycles. The van der Waals surface area contributed by atoms with Crippen LogP contribution in [0, 0.1) is 0 Å². The van der Waals surface area contributed by atoms with Crippen molar-refractivity contribution in [3.63, 3.8) is 0 Å². The zero-order valence-electron chi connectivity index (χ0n) is 8.49. The number of carbonyl (C=O) groups is 1. The predicted octanol–water partition coefficient (Wildman–Crippen LogP) is 1.51. The Morgan fingerprint density at radius 3 is 3.20 bits per heavy atom. The molecule has 4 heteroatoms. The standard InChI is InChI=1S/C11H12N2O2/c1-8(14)12-5-4-9-2-3-10-11(6-9)15-7-13-10/h2-3,6-7H,4-5H2,1H3,(H,12,14). The van der Waals surface area contributed by atoms with Crippen molar-refractivity contribution < 1.29 is 9.21 Å². The van der Waals surface area contributed by atoms with E-state index in [0.29, 0.717) is 6.54 Å². The van der Waals surface area contributed by atoms with E-state index in [-0.39, 0.29) is 5.91 Å². The molecule has 0 aliphatic carbocycles. The molecule has 0 bridgehead atoms. The number of nitrogens with zero attached hydrogens (tertiary/aromatic N) is 1. The molecule has 0 atom stereocenters. The number of aromatic nitrogens is 1. The lowest BCUT2D eigenvalue weighted by Crippen LogP contribution is -2.22. The van der Waals surface area contributed by atoms with Gasteiger partial charge >= 0.3 is 0 Å². The molecule has 0 fully saturated rings. The van der Waals surface area contributed by atoms with Crippen LogP contribution < -0.4 is 5.32 Å². The van der Waals surface area contributed by atoms with Crippen molar-refractivity contribution in [3.8, 4) is 0 Å². The van der Waals surface area contributed by atoms with Crippen LogP contribution in [0.3, 0.4) is 0 Å². The summed E-state index contributed by atoms with van der Waals surface area (Å²) < 4.78 is 5.19. The zero-order chi connectivity index (χ0) is 10.7. The smallest absolute Gasteiger partial charge is 0.216 e. The van der Waals surface area contributed by atoms with Gasteiger partial charge in [-0.05, 0) is 24.1 Å². The summed E-state index contributed by atoms with van der Waals surface area (Å²) in [6, 6.07) is 5.86. The molecule has 4 nitrogen and oxygen atoms in total. The Labute approximate surface area is 87.3 Å². The van der Waals surface area contributed by atoms with Crippen molar-refractivity contribution in [1.82, 2.24) is 10.3 Å². The van der Waals surface area contributed by atoms with Gasteiger partial charge in [0.05, 0.1) is 0 Å². The number of hydrogen-bond donors (Lipinski definition) is 1. The quantitative estimate of drug-likeness (QED) is 0.824. The largest absolute Gasteiger partial charge is 0.443 e. The van der Waals surface area contributed by atoms with E-state index >= 15 is 0 Å². The Kier molecular flexibility index (Phi) is 2.67. The minimum Gasteiger partial charge on any atom is -0.443 e. The van der Waals surface area contributed by atoms with Crippen LogP contribution in [0.5, 0.6) is 0 Å². The molecule has 2 rings (SSSR count). The van der Waals surface area contributed by atoms with Gasteiger partial charge in [0.1, 0.15) is 5.52 Å². The third kappa shape index (κ3) is 2.34. The summed E-state index contributed by atoms with van der Waals surface area (Å²) in [5.74, 6) is -0.00394. The number of oxazole rings is 1. The Hall–Kier alpha value is -1.84. The second-order valence-corrected chi connectivity index (χ2v) is 3.39. The number of carbonyl (C=O) groups excluding carboxylic acids is 1. The van der Waals surface area contributed by atoms with Crippen LogP contribution in [0.4, 0.5) is 0 Å². The lowest BCUT2D eigenvalue weighted by molar-refractivity contribution is -0.118. The summed E-state index contributed by atoms with van der Waals surface area (Å²) in [7, 11) is 0. The van der Waals surface area contributed by atoms with Crippen LogP contribution in [-0.4, -0.2) is 17.4 Å². The third-order valence-corrected chi connectivity index (χ3v) is 2.18. The van der Waals surface area contributed by atoms with Gasteiger partial charge in [0, 0.05) is 13.5 Å². The van der Waals surface area contributed by atoms with Gasteiger partial charge in [-0.3, -0.25) is 4.79 Å². The topological polar surface area (TPSA) is 55.1 Å². The first kappa shape index (κ1) is 9.71. The lowest BCUT2D eigenvalue weighted by atomic mass is 10.1. The van der Waals surface area contributed by atoms with E-state index in [1.165, 1.54) is 13.3 Å². The first-order valence-electron chi connectivity index (χ1n) is 4.82. The van der Waals surface area contributed by atoms with Crippen molar-refractivity contribution in [2.45, 2.75) is 13.3 Å². The minimum atomic E-state index is -0.00394. The molecule has 1 heterocycles. The molecule has 78 valence electrons. The van der Waals surface area contributed by atoms with E-state index in [2.05, 4.69) is 10.3 Å². The summed E-state index contributed by atoms with van der Waals surface area (Å²) in [6.45, 7) is 2.16. The zero-order valence-corrected chi connectivity index (χ0v) is 8.49. The van der Waals surface area contributed by atoms with Gasteiger partial charge in [0.2, 0.25) is 5.91 Å². The molecule has 0 unspecified atom stereocenters. The molecule has 15 heavy (non-hydrogen) atoms. The molecule has 0 spiro atoms. The Balaban J connectivity index is 2.04. The van der Waals surface area contributed by atoms with Gasteiger partial charge in [-0.2, -0.15) is 0 Å². The molecule has 0 radical (unpaired) electrons. The van der Waals surface area contributed by atoms with Gasteiger partial charge in [-0.1, -0.05) is 6.07 Å². The van der Waals surface area contributed by atoms with Crippen LogP contribution in [0.15, 0.2) is 29.0 Å². The second kappa shape index (κ2) is 4.13. The minimum absolute atomic E-state index is 0.00394. The molecular weight excluding hydrogens is 192 g/mol. The second-order valence-electron chi connectivity index (χ2n) is 3.39.